The molecule has 1 aliphatic rings. The number of non-ortho nitro benzene ring substituents is 1. The molecule has 28 heavy (non-hydrogen) atoms. The molecule has 3 rings (SSSR count). The first kappa shape index (κ1) is 19.9. The number of hydrogen-bond acceptors (Lipinski definition) is 6. The highest BCUT2D eigenvalue weighted by Crippen LogP contribution is 2.39. The zero-order valence-corrected chi connectivity index (χ0v) is 16.6. The molecule has 2 aromatic rings. The molecular formula is C19H19BrN4O4. The maximum atomic E-state index is 11.4. The molecule has 1 aliphatic carbocycles. The van der Waals surface area contributed by atoms with Crippen LogP contribution in [0.25, 0.3) is 0 Å². The second-order valence-corrected chi connectivity index (χ2v) is 8.20. The molecule has 9 heteroatoms. The topological polar surface area (TPSA) is 111 Å². The van der Waals surface area contributed by atoms with E-state index in [1.54, 1.807) is 0 Å². The molecule has 0 radical (unpaired) electrons. The van der Waals surface area contributed by atoms with E-state index in [0.717, 1.165) is 49.4 Å². The Hall–Kier alpha value is -2.81. The second-order valence-electron chi connectivity index (χ2n) is 6.68. The number of nitrogens with zero attached hydrogens (tertiary/aromatic N) is 3. The fourth-order valence-corrected chi connectivity index (χ4v) is 4.24. The summed E-state index contributed by atoms with van der Waals surface area (Å²) in [5.74, 6) is 0. The lowest BCUT2D eigenvalue weighted by atomic mass is 9.83. The predicted octanol–water partition coefficient (Wildman–Crippen LogP) is 5.42. The number of halogens is 1. The molecule has 0 unspecified atom stereocenters. The lowest BCUT2D eigenvalue weighted by molar-refractivity contribution is -0.393. The summed E-state index contributed by atoms with van der Waals surface area (Å²) in [7, 11) is 0. The van der Waals surface area contributed by atoms with Gasteiger partial charge in [-0.2, -0.15) is 5.10 Å². The molecule has 0 atom stereocenters. The Kier molecular flexibility index (Phi) is 6.03. The highest BCUT2D eigenvalue weighted by Gasteiger charge is 2.35. The molecule has 1 fully saturated rings. The fraction of sp³-hybridized carbons (Fsp3) is 0.316. The summed E-state index contributed by atoms with van der Waals surface area (Å²) in [5, 5.41) is 26.8. The Bertz CT molecular complexity index is 911. The van der Waals surface area contributed by atoms with Crippen LogP contribution in [0.15, 0.2) is 53.6 Å². The van der Waals surface area contributed by atoms with Crippen molar-refractivity contribution >= 4 is 38.7 Å². The minimum absolute atomic E-state index is 0.107. The van der Waals surface area contributed by atoms with E-state index in [-0.39, 0.29) is 15.7 Å². The molecule has 0 aromatic heterocycles. The van der Waals surface area contributed by atoms with Crippen molar-refractivity contribution in [1.82, 2.24) is 0 Å². The normalized spacial score (nSPS) is 16.4. The number of hydrazone groups is 1. The summed E-state index contributed by atoms with van der Waals surface area (Å²) in [5.41, 5.74) is 3.83. The number of benzene rings is 2. The molecule has 0 bridgehead atoms. The second kappa shape index (κ2) is 8.47. The number of anilines is 1. The van der Waals surface area contributed by atoms with E-state index in [9.17, 15) is 20.2 Å². The molecule has 8 nitrogen and oxygen atoms in total. The quantitative estimate of drug-likeness (QED) is 0.275. The van der Waals surface area contributed by atoms with Gasteiger partial charge in [0.25, 0.3) is 5.69 Å². The minimum Gasteiger partial charge on any atom is -0.271 e. The van der Waals surface area contributed by atoms with Crippen molar-refractivity contribution in [3.63, 3.8) is 0 Å². The van der Waals surface area contributed by atoms with Crippen molar-refractivity contribution in [1.29, 1.82) is 0 Å². The van der Waals surface area contributed by atoms with Crippen LogP contribution in [-0.4, -0.2) is 19.9 Å². The Morgan fingerprint density at radius 1 is 1.00 bits per heavy atom. The lowest BCUT2D eigenvalue weighted by Crippen LogP contribution is -2.35. The molecule has 0 aliphatic heterocycles. The van der Waals surface area contributed by atoms with Crippen LogP contribution in [0.4, 0.5) is 17.1 Å². The van der Waals surface area contributed by atoms with Gasteiger partial charge in [-0.15, -0.1) is 0 Å². The van der Waals surface area contributed by atoms with Gasteiger partial charge in [0.15, 0.2) is 0 Å². The van der Waals surface area contributed by atoms with E-state index in [0.29, 0.717) is 0 Å². The van der Waals surface area contributed by atoms with Crippen LogP contribution in [-0.2, 0) is 0 Å². The maximum Gasteiger partial charge on any atom is 0.301 e. The average molecular weight is 447 g/mol. The highest BCUT2D eigenvalue weighted by molar-refractivity contribution is 9.10. The first-order chi connectivity index (χ1) is 13.4. The van der Waals surface area contributed by atoms with Gasteiger partial charge in [-0.1, -0.05) is 65.5 Å². The van der Waals surface area contributed by atoms with Crippen LogP contribution in [0, 0.1) is 20.2 Å². The standard InChI is InChI=1S/C19H19BrN4O4/c20-19(11-5-2-6-12-19)18(14-7-3-1-4-8-14)22-21-16-10-9-15(23(25)26)13-17(16)24(27)28/h1,3-4,7-10,13,21H,2,5-6,11-12H2/b22-18-. The summed E-state index contributed by atoms with van der Waals surface area (Å²) in [6.07, 6.45) is 5.11. The van der Waals surface area contributed by atoms with Crippen molar-refractivity contribution in [2.45, 2.75) is 36.4 Å². The van der Waals surface area contributed by atoms with Gasteiger partial charge >= 0.3 is 5.69 Å². The number of alkyl halides is 1. The number of hydrogen-bond donors (Lipinski definition) is 1. The maximum absolute atomic E-state index is 11.4. The summed E-state index contributed by atoms with van der Waals surface area (Å²) in [6.45, 7) is 0. The average Bonchev–Trinajstić information content (AvgIpc) is 2.69. The van der Waals surface area contributed by atoms with Crippen molar-refractivity contribution in [3.05, 3.63) is 74.3 Å². The Morgan fingerprint density at radius 3 is 2.29 bits per heavy atom. The van der Waals surface area contributed by atoms with Crippen LogP contribution >= 0.6 is 15.9 Å². The summed E-state index contributed by atoms with van der Waals surface area (Å²) < 4.78 is -0.324. The Morgan fingerprint density at radius 2 is 1.68 bits per heavy atom. The lowest BCUT2D eigenvalue weighted by Gasteiger charge is -2.33. The molecular weight excluding hydrogens is 428 g/mol. The fourth-order valence-electron chi connectivity index (χ4n) is 3.36. The summed E-state index contributed by atoms with van der Waals surface area (Å²) in [4.78, 5) is 21.0. The van der Waals surface area contributed by atoms with E-state index in [2.05, 4.69) is 26.5 Å². The van der Waals surface area contributed by atoms with Crippen LogP contribution < -0.4 is 5.43 Å². The molecule has 0 spiro atoms. The largest absolute Gasteiger partial charge is 0.301 e. The molecule has 1 saturated carbocycles. The first-order valence-electron chi connectivity index (χ1n) is 8.92. The Labute approximate surface area is 170 Å². The van der Waals surface area contributed by atoms with Gasteiger partial charge < -0.3 is 0 Å². The molecule has 2 aromatic carbocycles. The first-order valence-corrected chi connectivity index (χ1v) is 9.71. The molecule has 0 saturated heterocycles. The van der Waals surface area contributed by atoms with E-state index >= 15 is 0 Å². The van der Waals surface area contributed by atoms with Gasteiger partial charge in [-0.05, 0) is 24.5 Å². The van der Waals surface area contributed by atoms with Gasteiger partial charge in [0, 0.05) is 6.07 Å². The van der Waals surface area contributed by atoms with Crippen molar-refractivity contribution in [2.24, 2.45) is 5.10 Å². The molecule has 0 heterocycles. The minimum atomic E-state index is -0.662. The number of rotatable bonds is 6. The Balaban J connectivity index is 2.00. The predicted molar refractivity (Wildman–Crippen MR) is 111 cm³/mol. The highest BCUT2D eigenvalue weighted by atomic mass is 79.9. The van der Waals surface area contributed by atoms with E-state index in [1.807, 2.05) is 30.3 Å². The van der Waals surface area contributed by atoms with Gasteiger partial charge in [-0.3, -0.25) is 25.7 Å². The van der Waals surface area contributed by atoms with Crippen LogP contribution in [0.5, 0.6) is 0 Å². The SMILES string of the molecule is O=[N+]([O-])c1ccc(N/N=C(/c2ccccc2)C2(Br)CCCCC2)c([N+](=O)[O-])c1. The van der Waals surface area contributed by atoms with Crippen LogP contribution in [0.2, 0.25) is 0 Å². The monoisotopic (exact) mass is 446 g/mol. The van der Waals surface area contributed by atoms with Gasteiger partial charge in [0.1, 0.15) is 5.69 Å². The van der Waals surface area contributed by atoms with Gasteiger partial charge in [0.05, 0.1) is 25.9 Å². The zero-order valence-electron chi connectivity index (χ0n) is 15.0. The van der Waals surface area contributed by atoms with E-state index < -0.39 is 15.5 Å². The number of nitro benzene ring substituents is 2. The third kappa shape index (κ3) is 4.36. The summed E-state index contributed by atoms with van der Waals surface area (Å²) in [6, 6.07) is 13.1. The number of nitrogens with one attached hydrogen (secondary N) is 1. The number of nitro groups is 2. The third-order valence-corrected chi connectivity index (χ3v) is 5.96. The van der Waals surface area contributed by atoms with Crippen LogP contribution in [0.1, 0.15) is 37.7 Å². The molecule has 146 valence electrons. The third-order valence-electron chi connectivity index (χ3n) is 4.79. The molecule has 0 amide bonds. The smallest absolute Gasteiger partial charge is 0.271 e. The van der Waals surface area contributed by atoms with Crippen molar-refractivity contribution < 1.29 is 9.85 Å². The summed E-state index contributed by atoms with van der Waals surface area (Å²) >= 11 is 3.86. The van der Waals surface area contributed by atoms with Gasteiger partial charge in [0.2, 0.25) is 0 Å². The van der Waals surface area contributed by atoms with Crippen LogP contribution in [0.3, 0.4) is 0 Å². The van der Waals surface area contributed by atoms with Crippen molar-refractivity contribution in [3.8, 4) is 0 Å². The van der Waals surface area contributed by atoms with E-state index in [1.165, 1.54) is 12.1 Å². The molecule has 1 N–H and O–H groups in total. The van der Waals surface area contributed by atoms with Crippen molar-refractivity contribution in [2.75, 3.05) is 5.43 Å². The van der Waals surface area contributed by atoms with Gasteiger partial charge in [-0.25, -0.2) is 0 Å². The zero-order chi connectivity index (χ0) is 20.1. The van der Waals surface area contributed by atoms with E-state index in [4.69, 9.17) is 0 Å².